The van der Waals surface area contributed by atoms with Gasteiger partial charge in [-0.3, -0.25) is 14.2 Å². The Morgan fingerprint density at radius 3 is 2.58 bits per heavy atom. The van der Waals surface area contributed by atoms with Crippen molar-refractivity contribution in [3.8, 4) is 5.82 Å². The van der Waals surface area contributed by atoms with Crippen LogP contribution in [0.3, 0.4) is 0 Å². The third-order valence-corrected chi connectivity index (χ3v) is 5.39. The van der Waals surface area contributed by atoms with E-state index < -0.39 is 0 Å². The van der Waals surface area contributed by atoms with Gasteiger partial charge in [-0.05, 0) is 30.3 Å². The summed E-state index contributed by atoms with van der Waals surface area (Å²) in [5, 5.41) is 3.46. The molecule has 8 nitrogen and oxygen atoms in total. The predicted octanol–water partition coefficient (Wildman–Crippen LogP) is 3.23. The number of amides is 2. The van der Waals surface area contributed by atoms with Gasteiger partial charge in [0.2, 0.25) is 5.91 Å². The molecule has 0 spiro atoms. The summed E-state index contributed by atoms with van der Waals surface area (Å²) in [4.78, 5) is 37.0. The summed E-state index contributed by atoms with van der Waals surface area (Å²) >= 11 is 6.09. The van der Waals surface area contributed by atoms with Crippen molar-refractivity contribution in [1.82, 2.24) is 19.4 Å². The fraction of sp³-hybridized carbons (Fsp3) is 0.273. The van der Waals surface area contributed by atoms with Gasteiger partial charge in [0, 0.05) is 49.5 Å². The van der Waals surface area contributed by atoms with Crippen molar-refractivity contribution in [2.45, 2.75) is 13.3 Å². The number of nitrogens with one attached hydrogen (secondary N) is 1. The van der Waals surface area contributed by atoms with Gasteiger partial charge in [-0.1, -0.05) is 24.6 Å². The number of hydrogen-bond acceptors (Lipinski definition) is 5. The summed E-state index contributed by atoms with van der Waals surface area (Å²) in [5.74, 6) is 0.448. The number of aromatic nitrogens is 3. The highest BCUT2D eigenvalue weighted by molar-refractivity contribution is 6.30. The van der Waals surface area contributed by atoms with Crippen LogP contribution < -0.4 is 10.2 Å². The lowest BCUT2D eigenvalue weighted by atomic mass is 10.2. The molecule has 0 aliphatic carbocycles. The number of imidazole rings is 1. The summed E-state index contributed by atoms with van der Waals surface area (Å²) in [7, 11) is 0. The number of rotatable bonds is 5. The first-order chi connectivity index (χ1) is 15.0. The molecule has 3 heterocycles. The smallest absolute Gasteiger partial charge is 0.274 e. The van der Waals surface area contributed by atoms with Gasteiger partial charge in [-0.2, -0.15) is 0 Å². The molecule has 4 rings (SSSR count). The van der Waals surface area contributed by atoms with Crippen LogP contribution in [0, 0.1) is 0 Å². The van der Waals surface area contributed by atoms with E-state index in [1.165, 1.54) is 0 Å². The van der Waals surface area contributed by atoms with E-state index in [0.717, 1.165) is 18.8 Å². The van der Waals surface area contributed by atoms with E-state index in [4.69, 9.17) is 11.6 Å². The number of nitrogens with zero attached hydrogens (tertiary/aromatic N) is 5. The summed E-state index contributed by atoms with van der Waals surface area (Å²) in [5.41, 5.74) is 2.07. The molecule has 2 amide bonds. The Hall–Kier alpha value is -3.39. The molecule has 1 N–H and O–H groups in total. The molecule has 1 aliphatic heterocycles. The van der Waals surface area contributed by atoms with E-state index in [1.54, 1.807) is 42.3 Å². The van der Waals surface area contributed by atoms with Crippen LogP contribution in [0.2, 0.25) is 5.02 Å². The second-order valence-corrected chi connectivity index (χ2v) is 7.67. The van der Waals surface area contributed by atoms with Crippen LogP contribution >= 0.6 is 11.6 Å². The molecular weight excluding hydrogens is 416 g/mol. The number of carbonyl (C=O) groups excluding carboxylic acids is 2. The quantitative estimate of drug-likeness (QED) is 0.661. The van der Waals surface area contributed by atoms with Crippen molar-refractivity contribution < 1.29 is 9.59 Å². The largest absolute Gasteiger partial charge is 0.368 e. The maximum atomic E-state index is 12.9. The zero-order chi connectivity index (χ0) is 21.8. The van der Waals surface area contributed by atoms with Gasteiger partial charge in [-0.15, -0.1) is 0 Å². The monoisotopic (exact) mass is 438 g/mol. The van der Waals surface area contributed by atoms with Crippen LogP contribution in [0.4, 0.5) is 11.4 Å². The zero-order valence-corrected chi connectivity index (χ0v) is 17.9. The second kappa shape index (κ2) is 9.18. The lowest BCUT2D eigenvalue weighted by molar-refractivity contribution is -0.115. The number of benzene rings is 1. The van der Waals surface area contributed by atoms with E-state index in [-0.39, 0.29) is 11.8 Å². The third-order valence-electron chi connectivity index (χ3n) is 5.16. The van der Waals surface area contributed by atoms with Crippen LogP contribution in [0.15, 0.2) is 55.1 Å². The van der Waals surface area contributed by atoms with Crippen LogP contribution in [-0.4, -0.2) is 57.4 Å². The standard InChI is InChI=1S/C22H23ClN6O2/c1-2-21(30)26-17-6-7-20(24-13-17)29-14-19(25-15-29)22(31)28-10-8-27(9-11-28)18-5-3-4-16(23)12-18/h3-7,12-15H,2,8-11H2,1H3,(H,26,30). The number of pyridine rings is 1. The minimum absolute atomic E-state index is 0.0690. The number of halogens is 1. The number of piperazine rings is 1. The molecule has 1 saturated heterocycles. The van der Waals surface area contributed by atoms with Crippen LogP contribution in [0.25, 0.3) is 5.82 Å². The van der Waals surface area contributed by atoms with Crippen LogP contribution in [0.1, 0.15) is 23.8 Å². The molecule has 1 aromatic carbocycles. The zero-order valence-electron chi connectivity index (χ0n) is 17.2. The van der Waals surface area contributed by atoms with Gasteiger partial charge >= 0.3 is 0 Å². The second-order valence-electron chi connectivity index (χ2n) is 7.23. The highest BCUT2D eigenvalue weighted by Crippen LogP contribution is 2.21. The first-order valence-corrected chi connectivity index (χ1v) is 10.5. The van der Waals surface area contributed by atoms with Crippen LogP contribution in [-0.2, 0) is 4.79 Å². The van der Waals surface area contributed by atoms with Gasteiger partial charge in [0.15, 0.2) is 0 Å². The molecule has 0 atom stereocenters. The van der Waals surface area contributed by atoms with Crippen molar-refractivity contribution in [1.29, 1.82) is 0 Å². The third kappa shape index (κ3) is 4.86. The molecule has 1 fully saturated rings. The Labute approximate surface area is 185 Å². The van der Waals surface area contributed by atoms with Gasteiger partial charge in [0.1, 0.15) is 17.8 Å². The van der Waals surface area contributed by atoms with Gasteiger partial charge in [0.05, 0.1) is 11.9 Å². The molecule has 0 saturated carbocycles. The minimum atomic E-state index is -0.101. The molecule has 2 aromatic heterocycles. The van der Waals surface area contributed by atoms with E-state index in [0.29, 0.717) is 41.7 Å². The fourth-order valence-electron chi connectivity index (χ4n) is 3.42. The lowest BCUT2D eigenvalue weighted by Gasteiger charge is -2.35. The van der Waals surface area contributed by atoms with E-state index in [2.05, 4.69) is 20.2 Å². The average molecular weight is 439 g/mol. The predicted molar refractivity (Wildman–Crippen MR) is 120 cm³/mol. The maximum Gasteiger partial charge on any atom is 0.274 e. The molecule has 160 valence electrons. The Morgan fingerprint density at radius 2 is 1.90 bits per heavy atom. The SMILES string of the molecule is CCC(=O)Nc1ccc(-n2cnc(C(=O)N3CCN(c4cccc(Cl)c4)CC3)c2)nc1. The highest BCUT2D eigenvalue weighted by Gasteiger charge is 2.24. The van der Waals surface area contributed by atoms with Crippen LogP contribution in [0.5, 0.6) is 0 Å². The van der Waals surface area contributed by atoms with Crippen molar-refractivity contribution >= 4 is 34.8 Å². The van der Waals surface area contributed by atoms with Gasteiger partial charge in [0.25, 0.3) is 5.91 Å². The summed E-state index contributed by atoms with van der Waals surface area (Å²) in [6.07, 6.45) is 5.24. The molecule has 0 unspecified atom stereocenters. The topological polar surface area (TPSA) is 83.4 Å². The molecule has 3 aromatic rings. The summed E-state index contributed by atoms with van der Waals surface area (Å²) in [6.45, 7) is 4.49. The first kappa shape index (κ1) is 20.9. The Kier molecular flexibility index (Phi) is 6.18. The normalized spacial score (nSPS) is 13.9. The van der Waals surface area contributed by atoms with Gasteiger partial charge in [-0.25, -0.2) is 9.97 Å². The minimum Gasteiger partial charge on any atom is -0.368 e. The summed E-state index contributed by atoms with van der Waals surface area (Å²) in [6, 6.07) is 11.3. The van der Waals surface area contributed by atoms with E-state index >= 15 is 0 Å². The van der Waals surface area contributed by atoms with E-state index in [9.17, 15) is 9.59 Å². The Morgan fingerprint density at radius 1 is 1.10 bits per heavy atom. The van der Waals surface area contributed by atoms with Crippen molar-refractivity contribution in [2.24, 2.45) is 0 Å². The van der Waals surface area contributed by atoms with Crippen molar-refractivity contribution in [2.75, 3.05) is 36.4 Å². The fourth-order valence-corrected chi connectivity index (χ4v) is 3.61. The molecule has 0 radical (unpaired) electrons. The van der Waals surface area contributed by atoms with Gasteiger partial charge < -0.3 is 15.1 Å². The average Bonchev–Trinajstić information content (AvgIpc) is 3.29. The number of hydrogen-bond donors (Lipinski definition) is 1. The lowest BCUT2D eigenvalue weighted by Crippen LogP contribution is -2.48. The Balaban J connectivity index is 1.38. The maximum absolute atomic E-state index is 12.9. The number of carbonyl (C=O) groups is 2. The van der Waals surface area contributed by atoms with Crippen molar-refractivity contribution in [3.63, 3.8) is 0 Å². The molecular formula is C22H23ClN6O2. The first-order valence-electron chi connectivity index (χ1n) is 10.1. The molecule has 0 bridgehead atoms. The highest BCUT2D eigenvalue weighted by atomic mass is 35.5. The number of anilines is 2. The van der Waals surface area contributed by atoms with Crippen molar-refractivity contribution in [3.05, 3.63) is 65.8 Å². The molecule has 9 heteroatoms. The molecule has 1 aliphatic rings. The van der Waals surface area contributed by atoms with E-state index in [1.807, 2.05) is 29.2 Å². The molecule has 31 heavy (non-hydrogen) atoms. The summed E-state index contributed by atoms with van der Waals surface area (Å²) < 4.78 is 1.70. The Bertz CT molecular complexity index is 1070.